The van der Waals surface area contributed by atoms with Gasteiger partial charge in [0.1, 0.15) is 0 Å². The van der Waals surface area contributed by atoms with Gasteiger partial charge in [0.05, 0.1) is 25.5 Å². The third kappa shape index (κ3) is 11.4. The summed E-state index contributed by atoms with van der Waals surface area (Å²) in [5.41, 5.74) is 6.87. The number of ether oxygens (including phenoxy) is 1. The summed E-state index contributed by atoms with van der Waals surface area (Å²) in [6, 6.07) is 9.64. The number of aryl methyl sites for hydroxylation is 1. The van der Waals surface area contributed by atoms with Crippen LogP contribution < -0.4 is 16.4 Å². The van der Waals surface area contributed by atoms with Crippen LogP contribution in [0.25, 0.3) is 0 Å². The third-order valence-electron chi connectivity index (χ3n) is 7.14. The predicted octanol–water partition coefficient (Wildman–Crippen LogP) is 2.06. The van der Waals surface area contributed by atoms with E-state index in [-0.39, 0.29) is 61.0 Å². The van der Waals surface area contributed by atoms with Crippen LogP contribution in [0.3, 0.4) is 0 Å². The van der Waals surface area contributed by atoms with E-state index in [9.17, 15) is 14.4 Å². The second-order valence-electron chi connectivity index (χ2n) is 10.3. The number of benzene rings is 1. The average Bonchev–Trinajstić information content (AvgIpc) is 3.75. The number of guanidine groups is 1. The molecular weight excluding hydrogens is 520 g/mol. The Morgan fingerprint density at radius 1 is 1.21 bits per heavy atom. The molecule has 1 aromatic rings. The number of nitrogens with two attached hydrogens (primary N) is 1. The summed E-state index contributed by atoms with van der Waals surface area (Å²) in [7, 11) is 0. The van der Waals surface area contributed by atoms with E-state index in [0.717, 1.165) is 45.1 Å². The SMILES string of the molecule is CCOC(=O)CCN(C(=O)[C@H](CC(=O)NC[C@@H]1CCCN(C(=N)N)C1)NCCCc1ccccc1)C1CC1.Cl. The molecule has 0 spiro atoms. The van der Waals surface area contributed by atoms with E-state index in [0.29, 0.717) is 32.8 Å². The van der Waals surface area contributed by atoms with Crippen LogP contribution in [0.1, 0.15) is 57.4 Å². The number of carbonyl (C=O) groups excluding carboxylic acids is 3. The number of carbonyl (C=O) groups is 3. The number of hydrogen-bond acceptors (Lipinski definition) is 6. The first-order valence-electron chi connectivity index (χ1n) is 14.0. The molecule has 2 amide bonds. The molecule has 1 saturated heterocycles. The lowest BCUT2D eigenvalue weighted by Gasteiger charge is -2.33. The maximum atomic E-state index is 13.6. The summed E-state index contributed by atoms with van der Waals surface area (Å²) in [5, 5.41) is 14.0. The van der Waals surface area contributed by atoms with Crippen molar-refractivity contribution in [2.45, 2.75) is 70.4 Å². The summed E-state index contributed by atoms with van der Waals surface area (Å²) in [6.07, 6.45) is 5.63. The topological polar surface area (TPSA) is 141 Å². The smallest absolute Gasteiger partial charge is 0.307 e. The van der Waals surface area contributed by atoms with E-state index in [1.165, 1.54) is 5.56 Å². The normalized spacial score (nSPS) is 17.5. The fourth-order valence-electron chi connectivity index (χ4n) is 4.93. The fourth-order valence-corrected chi connectivity index (χ4v) is 4.93. The van der Waals surface area contributed by atoms with Crippen LogP contribution in [0.15, 0.2) is 30.3 Å². The van der Waals surface area contributed by atoms with Crippen molar-refractivity contribution < 1.29 is 19.1 Å². The molecule has 1 saturated carbocycles. The highest BCUT2D eigenvalue weighted by molar-refractivity contribution is 5.89. The predicted molar refractivity (Wildman–Crippen MR) is 154 cm³/mol. The maximum Gasteiger partial charge on any atom is 0.307 e. The van der Waals surface area contributed by atoms with Gasteiger partial charge in [-0.1, -0.05) is 30.3 Å². The monoisotopic (exact) mass is 564 g/mol. The van der Waals surface area contributed by atoms with Crippen molar-refractivity contribution in [2.75, 3.05) is 39.3 Å². The molecule has 218 valence electrons. The van der Waals surface area contributed by atoms with Crippen LogP contribution in [0.4, 0.5) is 0 Å². The second-order valence-corrected chi connectivity index (χ2v) is 10.3. The molecule has 0 radical (unpaired) electrons. The Hall–Kier alpha value is -2.85. The number of nitrogens with zero attached hydrogens (tertiary/aromatic N) is 2. The number of rotatable bonds is 15. The Morgan fingerprint density at radius 3 is 2.62 bits per heavy atom. The van der Waals surface area contributed by atoms with Crippen molar-refractivity contribution in [2.24, 2.45) is 11.7 Å². The Bertz CT molecular complexity index is 930. The zero-order valence-electron chi connectivity index (χ0n) is 23.0. The van der Waals surface area contributed by atoms with Gasteiger partial charge in [0, 0.05) is 32.2 Å². The number of amides is 2. The minimum atomic E-state index is -0.659. The molecule has 2 atom stereocenters. The fraction of sp³-hybridized carbons (Fsp3) is 0.643. The average molecular weight is 565 g/mol. The highest BCUT2D eigenvalue weighted by atomic mass is 35.5. The van der Waals surface area contributed by atoms with E-state index in [1.54, 1.807) is 11.8 Å². The van der Waals surface area contributed by atoms with Gasteiger partial charge in [-0.3, -0.25) is 19.8 Å². The zero-order valence-corrected chi connectivity index (χ0v) is 23.8. The number of nitrogens with one attached hydrogen (secondary N) is 3. The molecule has 5 N–H and O–H groups in total. The molecule has 2 aliphatic rings. The number of piperidine rings is 1. The van der Waals surface area contributed by atoms with Crippen molar-refractivity contribution in [1.82, 2.24) is 20.4 Å². The van der Waals surface area contributed by atoms with Crippen LogP contribution in [-0.2, 0) is 25.5 Å². The number of halogens is 1. The Kier molecular flexibility index (Phi) is 14.1. The Balaban J connectivity index is 0.00000533. The summed E-state index contributed by atoms with van der Waals surface area (Å²) >= 11 is 0. The van der Waals surface area contributed by atoms with Crippen LogP contribution in [0, 0.1) is 11.3 Å². The number of hydrogen-bond donors (Lipinski definition) is 4. The summed E-state index contributed by atoms with van der Waals surface area (Å²) in [4.78, 5) is 42.1. The first-order chi connectivity index (χ1) is 18.4. The largest absolute Gasteiger partial charge is 0.466 e. The number of esters is 1. The van der Waals surface area contributed by atoms with Crippen molar-refractivity contribution in [3.05, 3.63) is 35.9 Å². The lowest BCUT2D eigenvalue weighted by atomic mass is 9.98. The molecule has 3 rings (SSSR count). The summed E-state index contributed by atoms with van der Waals surface area (Å²) in [5.74, 6) is -0.346. The van der Waals surface area contributed by atoms with Crippen molar-refractivity contribution in [3.8, 4) is 0 Å². The number of likely N-dealkylation sites (tertiary alicyclic amines) is 1. The van der Waals surface area contributed by atoms with Crippen molar-refractivity contribution in [1.29, 1.82) is 5.41 Å². The van der Waals surface area contributed by atoms with Crippen LogP contribution >= 0.6 is 12.4 Å². The minimum absolute atomic E-state index is 0. The van der Waals surface area contributed by atoms with Crippen LogP contribution in [0.2, 0.25) is 0 Å². The Morgan fingerprint density at radius 2 is 1.95 bits per heavy atom. The molecule has 2 fully saturated rings. The van der Waals surface area contributed by atoms with Gasteiger partial charge in [-0.15, -0.1) is 12.4 Å². The van der Waals surface area contributed by atoms with Gasteiger partial charge >= 0.3 is 5.97 Å². The van der Waals surface area contributed by atoms with Gasteiger partial charge in [0.2, 0.25) is 11.8 Å². The molecule has 1 aliphatic carbocycles. The molecule has 1 aromatic carbocycles. The van der Waals surface area contributed by atoms with Crippen LogP contribution in [-0.4, -0.2) is 85.0 Å². The standard InChI is InChI=1S/C28H44N6O4.ClH/c1-2-38-26(36)14-17-34(23-12-13-23)27(37)24(31-15-6-10-21-8-4-3-5-9-21)18-25(35)32-19-22-11-7-16-33(20-22)28(29)30;/h3-5,8-9,22-24,31H,2,6-7,10-20H2,1H3,(H3,29,30)(H,32,35);1H/t22-,24-;/m0./s1. The van der Waals surface area contributed by atoms with E-state index in [4.69, 9.17) is 15.9 Å². The van der Waals surface area contributed by atoms with Gasteiger partial charge in [-0.25, -0.2) is 0 Å². The van der Waals surface area contributed by atoms with E-state index in [1.807, 2.05) is 23.1 Å². The lowest BCUT2D eigenvalue weighted by molar-refractivity contribution is -0.144. The molecular formula is C28H45ClN6O4. The van der Waals surface area contributed by atoms with Gasteiger partial charge in [0.25, 0.3) is 0 Å². The zero-order chi connectivity index (χ0) is 27.3. The molecule has 11 heteroatoms. The first-order valence-corrected chi connectivity index (χ1v) is 14.0. The van der Waals surface area contributed by atoms with E-state index in [2.05, 4.69) is 22.8 Å². The maximum absolute atomic E-state index is 13.6. The van der Waals surface area contributed by atoms with Gasteiger partial charge in [-0.05, 0) is 63.5 Å². The minimum Gasteiger partial charge on any atom is -0.466 e. The first kappa shape index (κ1) is 32.4. The van der Waals surface area contributed by atoms with Gasteiger partial charge < -0.3 is 30.9 Å². The summed E-state index contributed by atoms with van der Waals surface area (Å²) in [6.45, 7) is 4.89. The second kappa shape index (κ2) is 17.0. The molecule has 1 aliphatic heterocycles. The van der Waals surface area contributed by atoms with Crippen molar-refractivity contribution >= 4 is 36.2 Å². The van der Waals surface area contributed by atoms with E-state index < -0.39 is 6.04 Å². The Labute approximate surface area is 238 Å². The van der Waals surface area contributed by atoms with Crippen molar-refractivity contribution in [3.63, 3.8) is 0 Å². The molecule has 0 bridgehead atoms. The molecule has 1 heterocycles. The molecule has 39 heavy (non-hydrogen) atoms. The highest BCUT2D eigenvalue weighted by Crippen LogP contribution is 2.28. The molecule has 0 unspecified atom stereocenters. The summed E-state index contributed by atoms with van der Waals surface area (Å²) < 4.78 is 5.05. The molecule has 10 nitrogen and oxygen atoms in total. The lowest BCUT2D eigenvalue weighted by Crippen LogP contribution is -2.51. The van der Waals surface area contributed by atoms with E-state index >= 15 is 0 Å². The molecule has 0 aromatic heterocycles. The van der Waals surface area contributed by atoms with Crippen LogP contribution in [0.5, 0.6) is 0 Å². The van der Waals surface area contributed by atoms with Gasteiger partial charge in [-0.2, -0.15) is 0 Å². The third-order valence-corrected chi connectivity index (χ3v) is 7.14. The van der Waals surface area contributed by atoms with Gasteiger partial charge in [0.15, 0.2) is 5.96 Å². The quantitative estimate of drug-likeness (QED) is 0.111. The highest BCUT2D eigenvalue weighted by Gasteiger charge is 2.36.